The van der Waals surface area contributed by atoms with Crippen LogP contribution in [-0.4, -0.2) is 27.1 Å². The minimum absolute atomic E-state index is 0.0534. The van der Waals surface area contributed by atoms with Crippen LogP contribution < -0.4 is 4.74 Å². The van der Waals surface area contributed by atoms with Gasteiger partial charge in [0.25, 0.3) is 0 Å². The number of hydrogen-bond donors (Lipinski definition) is 1. The summed E-state index contributed by atoms with van der Waals surface area (Å²) in [6, 6.07) is 4.49. The number of methoxy groups -OCH3 is 1. The van der Waals surface area contributed by atoms with Crippen molar-refractivity contribution < 1.29 is 23.2 Å². The molecule has 0 aliphatic rings. The molecule has 1 aromatic rings. The van der Waals surface area contributed by atoms with Gasteiger partial charge in [0.2, 0.25) is 0 Å². The number of ether oxygens (including phenoxy) is 1. The predicted molar refractivity (Wildman–Crippen MR) is 66.5 cm³/mol. The maximum absolute atomic E-state index is 13.8. The molecule has 0 spiro atoms. The Morgan fingerprint density at radius 3 is 2.61 bits per heavy atom. The molecule has 0 fully saturated rings. The number of carboxylic acids is 1. The lowest BCUT2D eigenvalue weighted by Crippen LogP contribution is -2.37. The molecule has 0 aliphatic heterocycles. The van der Waals surface area contributed by atoms with Crippen LogP contribution in [0.5, 0.6) is 5.75 Å². The molecule has 18 heavy (non-hydrogen) atoms. The van der Waals surface area contributed by atoms with Crippen LogP contribution in [0.25, 0.3) is 0 Å². The SMILES string of the molecule is COc1cccc(CS(=O)C(C)(C)C(=O)O)c1F. The van der Waals surface area contributed by atoms with E-state index < -0.39 is 27.3 Å². The lowest BCUT2D eigenvalue weighted by molar-refractivity contribution is -0.139. The Kier molecular flexibility index (Phi) is 4.45. The third kappa shape index (κ3) is 2.87. The minimum Gasteiger partial charge on any atom is -0.494 e. The molecule has 1 atom stereocenters. The Bertz CT molecular complexity index is 485. The molecule has 1 aromatic carbocycles. The van der Waals surface area contributed by atoms with Gasteiger partial charge in [0.1, 0.15) is 4.75 Å². The van der Waals surface area contributed by atoms with Crippen molar-refractivity contribution in [2.75, 3.05) is 7.11 Å². The number of carbonyl (C=O) groups is 1. The van der Waals surface area contributed by atoms with Gasteiger partial charge >= 0.3 is 5.97 Å². The Morgan fingerprint density at radius 1 is 1.50 bits per heavy atom. The lowest BCUT2D eigenvalue weighted by Gasteiger charge is -2.18. The van der Waals surface area contributed by atoms with E-state index in [9.17, 15) is 13.4 Å². The summed E-state index contributed by atoms with van der Waals surface area (Å²) in [4.78, 5) is 10.9. The standard InChI is InChI=1S/C12H15FO4S/c1-12(2,11(14)15)18(16)7-8-5-4-6-9(17-3)10(8)13/h4-6H,7H2,1-3H3,(H,14,15). The Labute approximate surface area is 107 Å². The molecule has 4 nitrogen and oxygen atoms in total. The van der Waals surface area contributed by atoms with Crippen LogP contribution >= 0.6 is 0 Å². The fourth-order valence-corrected chi connectivity index (χ4v) is 2.31. The number of hydrogen-bond acceptors (Lipinski definition) is 3. The summed E-state index contributed by atoms with van der Waals surface area (Å²) in [6.45, 7) is 2.70. The van der Waals surface area contributed by atoms with Crippen molar-refractivity contribution in [2.45, 2.75) is 24.3 Å². The first kappa shape index (κ1) is 14.6. The van der Waals surface area contributed by atoms with Gasteiger partial charge in [-0.05, 0) is 19.9 Å². The van der Waals surface area contributed by atoms with Gasteiger partial charge in [0.05, 0.1) is 12.9 Å². The molecule has 6 heteroatoms. The van der Waals surface area contributed by atoms with E-state index in [1.807, 2.05) is 0 Å². The highest BCUT2D eigenvalue weighted by Crippen LogP contribution is 2.24. The average Bonchev–Trinajstić information content (AvgIpc) is 2.31. The average molecular weight is 274 g/mol. The van der Waals surface area contributed by atoms with Crippen LogP contribution in [0.2, 0.25) is 0 Å². The van der Waals surface area contributed by atoms with Crippen molar-refractivity contribution in [3.05, 3.63) is 29.6 Å². The van der Waals surface area contributed by atoms with E-state index in [2.05, 4.69) is 0 Å². The molecule has 0 bridgehead atoms. The van der Waals surface area contributed by atoms with Crippen LogP contribution in [0.4, 0.5) is 4.39 Å². The van der Waals surface area contributed by atoms with Crippen molar-refractivity contribution >= 4 is 16.8 Å². The first-order valence-corrected chi connectivity index (χ1v) is 6.56. The van der Waals surface area contributed by atoms with Gasteiger partial charge in [-0.15, -0.1) is 0 Å². The third-order valence-electron chi connectivity index (χ3n) is 2.63. The highest BCUT2D eigenvalue weighted by molar-refractivity contribution is 7.86. The van der Waals surface area contributed by atoms with E-state index in [0.717, 1.165) is 0 Å². The molecular formula is C12H15FO4S. The second-order valence-electron chi connectivity index (χ2n) is 4.24. The molecule has 100 valence electrons. The van der Waals surface area contributed by atoms with Gasteiger partial charge in [-0.2, -0.15) is 0 Å². The third-order valence-corrected chi connectivity index (χ3v) is 4.52. The highest BCUT2D eigenvalue weighted by Gasteiger charge is 2.34. The summed E-state index contributed by atoms with van der Waals surface area (Å²) >= 11 is 0. The lowest BCUT2D eigenvalue weighted by atomic mass is 10.2. The van der Waals surface area contributed by atoms with E-state index >= 15 is 0 Å². The number of aliphatic carboxylic acids is 1. The number of carboxylic acid groups (broad SMARTS) is 1. The zero-order chi connectivity index (χ0) is 13.9. The second kappa shape index (κ2) is 5.48. The van der Waals surface area contributed by atoms with Crippen LogP contribution in [-0.2, 0) is 21.3 Å². The molecular weight excluding hydrogens is 259 g/mol. The fraction of sp³-hybridized carbons (Fsp3) is 0.417. The molecule has 0 heterocycles. The van der Waals surface area contributed by atoms with Crippen LogP contribution in [0.1, 0.15) is 19.4 Å². The number of benzene rings is 1. The molecule has 0 amide bonds. The van der Waals surface area contributed by atoms with E-state index in [-0.39, 0.29) is 17.1 Å². The quantitative estimate of drug-likeness (QED) is 0.891. The maximum Gasteiger partial charge on any atom is 0.321 e. The van der Waals surface area contributed by atoms with Gasteiger partial charge in [0.15, 0.2) is 11.6 Å². The largest absolute Gasteiger partial charge is 0.494 e. The van der Waals surface area contributed by atoms with E-state index in [1.165, 1.54) is 33.1 Å². The Balaban J connectivity index is 2.99. The minimum atomic E-state index is -1.73. The van der Waals surface area contributed by atoms with Gasteiger partial charge in [-0.25, -0.2) is 4.39 Å². The molecule has 1 N–H and O–H groups in total. The zero-order valence-corrected chi connectivity index (χ0v) is 11.2. The van der Waals surface area contributed by atoms with Crippen LogP contribution in [0.3, 0.4) is 0 Å². The van der Waals surface area contributed by atoms with Crippen molar-refractivity contribution in [2.24, 2.45) is 0 Å². The van der Waals surface area contributed by atoms with Crippen molar-refractivity contribution in [3.8, 4) is 5.75 Å². The topological polar surface area (TPSA) is 63.6 Å². The summed E-state index contributed by atoms with van der Waals surface area (Å²) in [5.41, 5.74) is 0.182. The van der Waals surface area contributed by atoms with Crippen molar-refractivity contribution in [1.82, 2.24) is 0 Å². The molecule has 0 radical (unpaired) electrons. The molecule has 0 saturated carbocycles. The number of rotatable bonds is 5. The highest BCUT2D eigenvalue weighted by atomic mass is 32.2. The monoisotopic (exact) mass is 274 g/mol. The van der Waals surface area contributed by atoms with E-state index in [0.29, 0.717) is 0 Å². The van der Waals surface area contributed by atoms with Gasteiger partial charge < -0.3 is 9.84 Å². The van der Waals surface area contributed by atoms with Crippen LogP contribution in [0, 0.1) is 5.82 Å². The zero-order valence-electron chi connectivity index (χ0n) is 10.4. The first-order valence-electron chi connectivity index (χ1n) is 5.24. The van der Waals surface area contributed by atoms with Crippen molar-refractivity contribution in [3.63, 3.8) is 0 Å². The number of halogens is 1. The van der Waals surface area contributed by atoms with E-state index in [4.69, 9.17) is 9.84 Å². The van der Waals surface area contributed by atoms with E-state index in [1.54, 1.807) is 6.07 Å². The second-order valence-corrected chi connectivity index (χ2v) is 6.24. The molecule has 0 aromatic heterocycles. The summed E-state index contributed by atoms with van der Waals surface area (Å²) in [6.07, 6.45) is 0. The summed E-state index contributed by atoms with van der Waals surface area (Å²) in [5, 5.41) is 8.95. The molecule has 1 rings (SSSR count). The van der Waals surface area contributed by atoms with Crippen molar-refractivity contribution in [1.29, 1.82) is 0 Å². The van der Waals surface area contributed by atoms with Crippen LogP contribution in [0.15, 0.2) is 18.2 Å². The van der Waals surface area contributed by atoms with Gasteiger partial charge in [-0.3, -0.25) is 9.00 Å². The molecule has 0 saturated heterocycles. The Hall–Kier alpha value is -1.43. The fourth-order valence-electron chi connectivity index (χ4n) is 1.24. The maximum atomic E-state index is 13.8. The summed E-state index contributed by atoms with van der Waals surface area (Å²) in [7, 11) is -0.393. The molecule has 0 aliphatic carbocycles. The predicted octanol–water partition coefficient (Wildman–Crippen LogP) is 1.95. The normalized spacial score (nSPS) is 13.1. The summed E-state index contributed by atoms with van der Waals surface area (Å²) in [5.74, 6) is -1.89. The first-order chi connectivity index (χ1) is 8.30. The smallest absolute Gasteiger partial charge is 0.321 e. The Morgan fingerprint density at radius 2 is 2.11 bits per heavy atom. The summed E-state index contributed by atoms with van der Waals surface area (Å²) < 4.78 is 29.2. The molecule has 1 unspecified atom stereocenters. The van der Waals surface area contributed by atoms with Gasteiger partial charge in [-0.1, -0.05) is 12.1 Å². The van der Waals surface area contributed by atoms with Gasteiger partial charge in [0, 0.05) is 16.4 Å².